The number of anilines is 1. The molecule has 8 heteroatoms. The Labute approximate surface area is 164 Å². The van der Waals surface area contributed by atoms with Crippen LogP contribution in [0.25, 0.3) is 0 Å². The van der Waals surface area contributed by atoms with Crippen molar-refractivity contribution in [2.75, 3.05) is 18.5 Å². The van der Waals surface area contributed by atoms with Crippen molar-refractivity contribution in [3.8, 4) is 5.75 Å². The number of carbonyl (C=O) groups excluding carboxylic acids is 1. The number of sulfonamides is 1. The third-order valence-corrected chi connectivity index (χ3v) is 5.32. The van der Waals surface area contributed by atoms with Gasteiger partial charge >= 0.3 is 0 Å². The second kappa shape index (κ2) is 9.21. The van der Waals surface area contributed by atoms with Crippen molar-refractivity contribution in [3.05, 3.63) is 53.1 Å². The molecule has 2 N–H and O–H groups in total. The number of nitrogens with one attached hydrogen (secondary N) is 2. The molecule has 0 unspecified atom stereocenters. The fourth-order valence-electron chi connectivity index (χ4n) is 2.18. The zero-order valence-electron chi connectivity index (χ0n) is 15.5. The van der Waals surface area contributed by atoms with Gasteiger partial charge < -0.3 is 10.1 Å². The topological polar surface area (TPSA) is 84.5 Å². The first-order chi connectivity index (χ1) is 12.7. The van der Waals surface area contributed by atoms with Crippen molar-refractivity contribution in [1.82, 2.24) is 4.72 Å². The van der Waals surface area contributed by atoms with Gasteiger partial charge in [-0.25, -0.2) is 13.1 Å². The highest BCUT2D eigenvalue weighted by Crippen LogP contribution is 2.20. The van der Waals surface area contributed by atoms with E-state index in [1.165, 1.54) is 24.3 Å². The Morgan fingerprint density at radius 2 is 1.81 bits per heavy atom. The van der Waals surface area contributed by atoms with Crippen LogP contribution in [0.2, 0.25) is 5.02 Å². The van der Waals surface area contributed by atoms with Gasteiger partial charge in [-0.05, 0) is 60.9 Å². The van der Waals surface area contributed by atoms with Gasteiger partial charge in [0, 0.05) is 17.3 Å². The SMILES string of the molecule is Cc1cc(Cl)ccc1NC(=O)COc1ccc(S(=O)(=O)NCC(C)C)cc1. The number of carbonyl (C=O) groups is 1. The van der Waals surface area contributed by atoms with Gasteiger partial charge in [-0.3, -0.25) is 4.79 Å². The molecule has 0 spiro atoms. The summed E-state index contributed by atoms with van der Waals surface area (Å²) >= 11 is 5.89. The molecular weight excluding hydrogens is 388 g/mol. The Morgan fingerprint density at radius 3 is 2.41 bits per heavy atom. The smallest absolute Gasteiger partial charge is 0.262 e. The molecule has 2 aromatic carbocycles. The van der Waals surface area contributed by atoms with Crippen molar-refractivity contribution in [2.45, 2.75) is 25.7 Å². The van der Waals surface area contributed by atoms with Gasteiger partial charge in [-0.1, -0.05) is 25.4 Å². The standard InChI is InChI=1S/C19H23ClN2O4S/c1-13(2)11-21-27(24,25)17-7-5-16(6-8-17)26-12-19(23)22-18-9-4-15(20)10-14(18)3/h4-10,13,21H,11-12H2,1-3H3,(H,22,23). The van der Waals surface area contributed by atoms with Gasteiger partial charge in [0.05, 0.1) is 4.90 Å². The summed E-state index contributed by atoms with van der Waals surface area (Å²) in [5.41, 5.74) is 1.50. The maximum absolute atomic E-state index is 12.1. The van der Waals surface area contributed by atoms with Gasteiger partial charge in [0.2, 0.25) is 10.0 Å². The largest absolute Gasteiger partial charge is 0.484 e. The Hall–Kier alpha value is -2.09. The van der Waals surface area contributed by atoms with Crippen LogP contribution in [0.3, 0.4) is 0 Å². The fourth-order valence-corrected chi connectivity index (χ4v) is 3.62. The minimum atomic E-state index is -3.55. The first kappa shape index (κ1) is 21.2. The second-order valence-electron chi connectivity index (χ2n) is 6.51. The van der Waals surface area contributed by atoms with Crippen LogP contribution in [0, 0.1) is 12.8 Å². The van der Waals surface area contributed by atoms with Gasteiger partial charge in [0.1, 0.15) is 5.75 Å². The first-order valence-electron chi connectivity index (χ1n) is 8.46. The van der Waals surface area contributed by atoms with Crippen LogP contribution in [-0.4, -0.2) is 27.5 Å². The molecule has 0 aliphatic heterocycles. The van der Waals surface area contributed by atoms with E-state index in [0.29, 0.717) is 23.0 Å². The molecule has 27 heavy (non-hydrogen) atoms. The summed E-state index contributed by atoms with van der Waals surface area (Å²) in [6.07, 6.45) is 0. The zero-order valence-corrected chi connectivity index (χ0v) is 17.0. The second-order valence-corrected chi connectivity index (χ2v) is 8.72. The van der Waals surface area contributed by atoms with E-state index in [9.17, 15) is 13.2 Å². The molecule has 0 atom stereocenters. The number of aryl methyl sites for hydroxylation is 1. The average molecular weight is 411 g/mol. The lowest BCUT2D eigenvalue weighted by Gasteiger charge is -2.11. The highest BCUT2D eigenvalue weighted by atomic mass is 35.5. The summed E-state index contributed by atoms with van der Waals surface area (Å²) in [6.45, 7) is 5.87. The van der Waals surface area contributed by atoms with Crippen LogP contribution < -0.4 is 14.8 Å². The van der Waals surface area contributed by atoms with E-state index in [-0.39, 0.29) is 23.3 Å². The van der Waals surface area contributed by atoms with E-state index >= 15 is 0 Å². The van der Waals surface area contributed by atoms with Crippen molar-refractivity contribution >= 4 is 33.2 Å². The highest BCUT2D eigenvalue weighted by Gasteiger charge is 2.14. The number of hydrogen-bond acceptors (Lipinski definition) is 4. The third-order valence-electron chi connectivity index (χ3n) is 3.65. The van der Waals surface area contributed by atoms with Crippen molar-refractivity contribution < 1.29 is 17.9 Å². The minimum Gasteiger partial charge on any atom is -0.484 e. The molecule has 0 saturated heterocycles. The molecule has 0 bridgehead atoms. The average Bonchev–Trinajstić information content (AvgIpc) is 2.61. The normalized spacial score (nSPS) is 11.4. The van der Waals surface area contributed by atoms with Crippen molar-refractivity contribution in [1.29, 1.82) is 0 Å². The molecule has 2 aromatic rings. The first-order valence-corrected chi connectivity index (χ1v) is 10.3. The molecule has 0 saturated carbocycles. The monoisotopic (exact) mass is 410 g/mol. The summed E-state index contributed by atoms with van der Waals surface area (Å²) in [7, 11) is -3.55. The van der Waals surface area contributed by atoms with Crippen LogP contribution in [0.1, 0.15) is 19.4 Å². The van der Waals surface area contributed by atoms with E-state index in [1.807, 2.05) is 20.8 Å². The molecule has 6 nitrogen and oxygen atoms in total. The summed E-state index contributed by atoms with van der Waals surface area (Å²) in [6, 6.07) is 11.1. The molecule has 0 fully saturated rings. The Balaban J connectivity index is 1.91. The Morgan fingerprint density at radius 1 is 1.15 bits per heavy atom. The van der Waals surface area contributed by atoms with E-state index < -0.39 is 10.0 Å². The lowest BCUT2D eigenvalue weighted by Crippen LogP contribution is -2.27. The molecule has 146 valence electrons. The number of amides is 1. The summed E-state index contributed by atoms with van der Waals surface area (Å²) in [5, 5.41) is 3.34. The molecule has 1 amide bonds. The van der Waals surface area contributed by atoms with Gasteiger partial charge in [0.25, 0.3) is 5.91 Å². The number of rotatable bonds is 8. The van der Waals surface area contributed by atoms with Gasteiger partial charge in [-0.15, -0.1) is 0 Å². The molecule has 0 aliphatic carbocycles. The van der Waals surface area contributed by atoms with Gasteiger partial charge in [-0.2, -0.15) is 0 Å². The third kappa shape index (κ3) is 6.53. The molecular formula is C19H23ClN2O4S. The summed E-state index contributed by atoms with van der Waals surface area (Å²) in [5.74, 6) is 0.293. The maximum Gasteiger partial charge on any atom is 0.262 e. The Bertz CT molecular complexity index is 896. The van der Waals surface area contributed by atoms with Crippen LogP contribution in [0.15, 0.2) is 47.4 Å². The number of ether oxygens (including phenoxy) is 1. The molecule has 0 aliphatic rings. The van der Waals surface area contributed by atoms with Gasteiger partial charge in [0.15, 0.2) is 6.61 Å². The van der Waals surface area contributed by atoms with Crippen LogP contribution in [0.4, 0.5) is 5.69 Å². The van der Waals surface area contributed by atoms with E-state index in [1.54, 1.807) is 18.2 Å². The minimum absolute atomic E-state index is 0.150. The zero-order chi connectivity index (χ0) is 20.0. The molecule has 0 heterocycles. The summed E-state index contributed by atoms with van der Waals surface area (Å²) < 4.78 is 32.3. The lowest BCUT2D eigenvalue weighted by atomic mass is 10.2. The quantitative estimate of drug-likeness (QED) is 0.696. The van der Waals surface area contributed by atoms with Crippen LogP contribution >= 0.6 is 11.6 Å². The number of hydrogen-bond donors (Lipinski definition) is 2. The van der Waals surface area contributed by atoms with E-state index in [2.05, 4.69) is 10.0 Å². The van der Waals surface area contributed by atoms with E-state index in [4.69, 9.17) is 16.3 Å². The summed E-state index contributed by atoms with van der Waals surface area (Å²) in [4.78, 5) is 12.2. The van der Waals surface area contributed by atoms with Crippen LogP contribution in [0.5, 0.6) is 5.75 Å². The molecule has 2 rings (SSSR count). The lowest BCUT2D eigenvalue weighted by molar-refractivity contribution is -0.118. The van der Waals surface area contributed by atoms with Crippen LogP contribution in [-0.2, 0) is 14.8 Å². The molecule has 0 radical (unpaired) electrons. The fraction of sp³-hybridized carbons (Fsp3) is 0.316. The van der Waals surface area contributed by atoms with E-state index in [0.717, 1.165) is 5.56 Å². The highest BCUT2D eigenvalue weighted by molar-refractivity contribution is 7.89. The van der Waals surface area contributed by atoms with Crippen molar-refractivity contribution in [2.24, 2.45) is 5.92 Å². The maximum atomic E-state index is 12.1. The predicted molar refractivity (Wildman–Crippen MR) is 107 cm³/mol. The van der Waals surface area contributed by atoms with Crippen molar-refractivity contribution in [3.63, 3.8) is 0 Å². The molecule has 0 aromatic heterocycles. The predicted octanol–water partition coefficient (Wildman–Crippen LogP) is 3.60. The Kier molecular flexibility index (Phi) is 7.24. The number of benzene rings is 2. The number of halogens is 1.